The first kappa shape index (κ1) is 19.2. The van der Waals surface area contributed by atoms with Crippen LogP contribution in [-0.2, 0) is 9.53 Å². The van der Waals surface area contributed by atoms with E-state index < -0.39 is 24.1 Å². The SMILES string of the molecule is CCNC(CC)(CCCOCCCC(F)(F)F)C(=O)O. The largest absolute Gasteiger partial charge is 0.480 e. The lowest BCUT2D eigenvalue weighted by molar-refractivity contribution is -0.146. The Morgan fingerprint density at radius 1 is 1.15 bits per heavy atom. The van der Waals surface area contributed by atoms with Crippen molar-refractivity contribution in [3.05, 3.63) is 0 Å². The monoisotopic (exact) mass is 299 g/mol. The van der Waals surface area contributed by atoms with Crippen LogP contribution in [0.4, 0.5) is 13.2 Å². The van der Waals surface area contributed by atoms with Gasteiger partial charge in [0.05, 0.1) is 0 Å². The molecule has 1 unspecified atom stereocenters. The molecule has 0 aliphatic heterocycles. The molecule has 0 spiro atoms. The summed E-state index contributed by atoms with van der Waals surface area (Å²) in [5.41, 5.74) is -0.968. The molecule has 0 amide bonds. The van der Waals surface area contributed by atoms with Gasteiger partial charge in [-0.25, -0.2) is 0 Å². The third-order valence-electron chi connectivity index (χ3n) is 3.17. The number of nitrogens with one attached hydrogen (secondary N) is 1. The summed E-state index contributed by atoms with van der Waals surface area (Å²) in [6.45, 7) is 4.50. The van der Waals surface area contributed by atoms with Gasteiger partial charge in [0.25, 0.3) is 0 Å². The molecule has 0 radical (unpaired) electrons. The van der Waals surface area contributed by atoms with E-state index in [1.807, 2.05) is 6.92 Å². The van der Waals surface area contributed by atoms with Crippen molar-refractivity contribution >= 4 is 5.97 Å². The number of alkyl halides is 3. The van der Waals surface area contributed by atoms with Gasteiger partial charge in [-0.15, -0.1) is 0 Å². The second kappa shape index (κ2) is 9.18. The van der Waals surface area contributed by atoms with Gasteiger partial charge in [0, 0.05) is 19.6 Å². The Balaban J connectivity index is 3.88. The molecule has 0 heterocycles. The average Bonchev–Trinajstić information content (AvgIpc) is 2.34. The van der Waals surface area contributed by atoms with Gasteiger partial charge in [-0.2, -0.15) is 13.2 Å². The molecule has 0 aromatic heterocycles. The zero-order valence-electron chi connectivity index (χ0n) is 12.1. The normalized spacial score (nSPS) is 15.1. The molecule has 120 valence electrons. The van der Waals surface area contributed by atoms with Crippen molar-refractivity contribution in [2.24, 2.45) is 0 Å². The summed E-state index contributed by atoms with van der Waals surface area (Å²) in [6, 6.07) is 0. The molecule has 0 saturated heterocycles. The van der Waals surface area contributed by atoms with Crippen molar-refractivity contribution in [2.75, 3.05) is 19.8 Å². The number of hydrogen-bond acceptors (Lipinski definition) is 3. The maximum Gasteiger partial charge on any atom is 0.389 e. The maximum atomic E-state index is 11.9. The minimum absolute atomic E-state index is 0.0485. The van der Waals surface area contributed by atoms with Crippen LogP contribution in [0.5, 0.6) is 0 Å². The summed E-state index contributed by atoms with van der Waals surface area (Å²) in [4.78, 5) is 11.3. The molecule has 0 bridgehead atoms. The van der Waals surface area contributed by atoms with Gasteiger partial charge >= 0.3 is 12.1 Å². The summed E-state index contributed by atoms with van der Waals surface area (Å²) in [5.74, 6) is -0.904. The fourth-order valence-electron chi connectivity index (χ4n) is 2.02. The van der Waals surface area contributed by atoms with E-state index in [4.69, 9.17) is 4.74 Å². The van der Waals surface area contributed by atoms with Crippen LogP contribution in [0.1, 0.15) is 46.0 Å². The first-order valence-electron chi connectivity index (χ1n) is 6.90. The Morgan fingerprint density at radius 2 is 1.70 bits per heavy atom. The fourth-order valence-corrected chi connectivity index (χ4v) is 2.02. The van der Waals surface area contributed by atoms with Gasteiger partial charge in [0.1, 0.15) is 5.54 Å². The van der Waals surface area contributed by atoms with Crippen LogP contribution in [-0.4, -0.2) is 42.5 Å². The minimum atomic E-state index is -4.14. The van der Waals surface area contributed by atoms with E-state index in [1.54, 1.807) is 6.92 Å². The zero-order valence-corrected chi connectivity index (χ0v) is 12.1. The number of rotatable bonds is 11. The van der Waals surface area contributed by atoms with Crippen LogP contribution in [0.3, 0.4) is 0 Å². The fraction of sp³-hybridized carbons (Fsp3) is 0.923. The van der Waals surface area contributed by atoms with E-state index >= 15 is 0 Å². The summed E-state index contributed by atoms with van der Waals surface area (Å²) in [5, 5.41) is 12.2. The molecule has 0 aromatic carbocycles. The third-order valence-corrected chi connectivity index (χ3v) is 3.17. The summed E-state index contributed by atoms with van der Waals surface area (Å²) < 4.78 is 40.7. The molecule has 0 fully saturated rings. The Labute approximate surface area is 117 Å². The predicted octanol–water partition coefficient (Wildman–Crippen LogP) is 2.97. The standard InChI is InChI=1S/C13H24F3NO3/c1-3-12(11(18)19,17-4-2)7-5-9-20-10-6-8-13(14,15)16/h17H,3-10H2,1-2H3,(H,18,19). The van der Waals surface area contributed by atoms with Gasteiger partial charge in [-0.1, -0.05) is 13.8 Å². The van der Waals surface area contributed by atoms with Gasteiger partial charge < -0.3 is 15.2 Å². The summed E-state index contributed by atoms with van der Waals surface area (Å²) >= 11 is 0. The van der Waals surface area contributed by atoms with E-state index in [2.05, 4.69) is 5.32 Å². The molecule has 4 nitrogen and oxygen atoms in total. The molecular weight excluding hydrogens is 275 g/mol. The highest BCUT2D eigenvalue weighted by molar-refractivity contribution is 5.78. The second-order valence-corrected chi connectivity index (χ2v) is 4.71. The van der Waals surface area contributed by atoms with Crippen molar-refractivity contribution in [3.63, 3.8) is 0 Å². The van der Waals surface area contributed by atoms with Gasteiger partial charge in [-0.05, 0) is 32.2 Å². The zero-order chi connectivity index (χ0) is 15.6. The molecule has 0 aliphatic rings. The summed E-state index contributed by atoms with van der Waals surface area (Å²) in [6.07, 6.45) is -3.71. The third kappa shape index (κ3) is 7.69. The van der Waals surface area contributed by atoms with Gasteiger partial charge in [-0.3, -0.25) is 4.79 Å². The number of carboxylic acid groups (broad SMARTS) is 1. The molecule has 2 N–H and O–H groups in total. The number of hydrogen-bond donors (Lipinski definition) is 2. The minimum Gasteiger partial charge on any atom is -0.480 e. The highest BCUT2D eigenvalue weighted by Crippen LogP contribution is 2.21. The second-order valence-electron chi connectivity index (χ2n) is 4.71. The van der Waals surface area contributed by atoms with Crippen molar-refractivity contribution < 1.29 is 27.8 Å². The van der Waals surface area contributed by atoms with E-state index in [-0.39, 0.29) is 19.6 Å². The Kier molecular flexibility index (Phi) is 8.80. The lowest BCUT2D eigenvalue weighted by Crippen LogP contribution is -2.51. The molecule has 7 heteroatoms. The smallest absolute Gasteiger partial charge is 0.389 e. The van der Waals surface area contributed by atoms with Gasteiger partial charge in [0.2, 0.25) is 0 Å². The van der Waals surface area contributed by atoms with Crippen LogP contribution in [0.25, 0.3) is 0 Å². The lowest BCUT2D eigenvalue weighted by atomic mass is 9.90. The quantitative estimate of drug-likeness (QED) is 0.576. The lowest BCUT2D eigenvalue weighted by Gasteiger charge is -2.29. The van der Waals surface area contributed by atoms with Crippen LogP contribution in [0, 0.1) is 0 Å². The first-order chi connectivity index (χ1) is 9.27. The number of aliphatic carboxylic acids is 1. The van der Waals surface area contributed by atoms with Gasteiger partial charge in [0.15, 0.2) is 0 Å². The number of likely N-dealkylation sites (N-methyl/N-ethyl adjacent to an activating group) is 1. The Hall–Kier alpha value is -0.820. The molecule has 0 rings (SSSR count). The molecular formula is C13H24F3NO3. The predicted molar refractivity (Wildman–Crippen MR) is 69.7 cm³/mol. The summed E-state index contributed by atoms with van der Waals surface area (Å²) in [7, 11) is 0. The number of halogens is 3. The van der Waals surface area contributed by atoms with Crippen LogP contribution >= 0.6 is 0 Å². The first-order valence-corrected chi connectivity index (χ1v) is 6.90. The van der Waals surface area contributed by atoms with E-state index in [9.17, 15) is 23.1 Å². The van der Waals surface area contributed by atoms with Crippen LogP contribution < -0.4 is 5.32 Å². The topological polar surface area (TPSA) is 58.6 Å². The van der Waals surface area contributed by atoms with Crippen molar-refractivity contribution in [1.29, 1.82) is 0 Å². The van der Waals surface area contributed by atoms with Crippen molar-refractivity contribution in [1.82, 2.24) is 5.32 Å². The number of carbonyl (C=O) groups is 1. The molecule has 0 aromatic rings. The molecule has 1 atom stereocenters. The van der Waals surface area contributed by atoms with E-state index in [0.717, 1.165) is 0 Å². The Bertz CT molecular complexity index is 285. The number of carboxylic acids is 1. The van der Waals surface area contributed by atoms with Crippen LogP contribution in [0.2, 0.25) is 0 Å². The van der Waals surface area contributed by atoms with E-state index in [1.165, 1.54) is 0 Å². The molecule has 20 heavy (non-hydrogen) atoms. The van der Waals surface area contributed by atoms with Crippen molar-refractivity contribution in [2.45, 2.75) is 57.7 Å². The van der Waals surface area contributed by atoms with E-state index in [0.29, 0.717) is 25.8 Å². The maximum absolute atomic E-state index is 11.9. The molecule has 0 aliphatic carbocycles. The molecule has 0 saturated carbocycles. The highest BCUT2D eigenvalue weighted by atomic mass is 19.4. The van der Waals surface area contributed by atoms with Crippen molar-refractivity contribution in [3.8, 4) is 0 Å². The highest BCUT2D eigenvalue weighted by Gasteiger charge is 2.34. The average molecular weight is 299 g/mol. The number of ether oxygens (including phenoxy) is 1. The Morgan fingerprint density at radius 3 is 2.10 bits per heavy atom. The van der Waals surface area contributed by atoms with Crippen LogP contribution in [0.15, 0.2) is 0 Å².